The van der Waals surface area contributed by atoms with Crippen molar-refractivity contribution in [2.45, 2.75) is 32.7 Å². The molecule has 0 saturated heterocycles. The number of ether oxygens (including phenoxy) is 3. The summed E-state index contributed by atoms with van der Waals surface area (Å²) in [5.74, 6) is -1.87. The van der Waals surface area contributed by atoms with Gasteiger partial charge in [-0.3, -0.25) is 4.99 Å². The number of aliphatic hydroxyl groups is 1. The zero-order valence-electron chi connectivity index (χ0n) is 14.5. The number of carbonyl (C=O) groups is 1. The Bertz CT molecular complexity index is 695. The van der Waals surface area contributed by atoms with Gasteiger partial charge in [0.25, 0.3) is 0 Å². The van der Waals surface area contributed by atoms with E-state index < -0.39 is 17.5 Å². The number of carbonyl (C=O) groups excluding carboxylic acids is 1. The molecule has 0 bridgehead atoms. The SMILES string of the molecule is CCOC(=O)/C(C=NC1CC1)=C(\O)c1ccc(F)c(OC)c1OCC. The zero-order valence-corrected chi connectivity index (χ0v) is 14.5. The van der Waals surface area contributed by atoms with E-state index in [4.69, 9.17) is 14.2 Å². The zero-order chi connectivity index (χ0) is 18.4. The molecule has 1 N–H and O–H groups in total. The summed E-state index contributed by atoms with van der Waals surface area (Å²) in [6, 6.07) is 2.61. The van der Waals surface area contributed by atoms with Gasteiger partial charge >= 0.3 is 5.97 Å². The lowest BCUT2D eigenvalue weighted by Crippen LogP contribution is -2.12. The largest absolute Gasteiger partial charge is 0.506 e. The number of rotatable bonds is 8. The molecule has 2 rings (SSSR count). The van der Waals surface area contributed by atoms with Crippen LogP contribution in [-0.2, 0) is 9.53 Å². The van der Waals surface area contributed by atoms with Gasteiger partial charge in [-0.15, -0.1) is 0 Å². The van der Waals surface area contributed by atoms with Gasteiger partial charge < -0.3 is 19.3 Å². The van der Waals surface area contributed by atoms with Gasteiger partial charge in [0, 0.05) is 6.21 Å². The van der Waals surface area contributed by atoms with Crippen LogP contribution in [0.25, 0.3) is 5.76 Å². The highest BCUT2D eigenvalue weighted by Crippen LogP contribution is 2.38. The molecule has 1 aliphatic rings. The first-order valence-corrected chi connectivity index (χ1v) is 8.16. The molecular formula is C18H22FNO5. The molecular weight excluding hydrogens is 329 g/mol. The molecule has 1 aliphatic carbocycles. The number of hydrogen-bond donors (Lipinski definition) is 1. The third kappa shape index (κ3) is 4.49. The second-order valence-corrected chi connectivity index (χ2v) is 5.38. The average molecular weight is 351 g/mol. The predicted octanol–water partition coefficient (Wildman–Crippen LogP) is 3.30. The highest BCUT2D eigenvalue weighted by Gasteiger charge is 2.25. The first-order valence-electron chi connectivity index (χ1n) is 8.16. The minimum atomic E-state index is -0.713. The van der Waals surface area contributed by atoms with E-state index in [-0.39, 0.29) is 41.9 Å². The van der Waals surface area contributed by atoms with Crippen LogP contribution in [0.4, 0.5) is 4.39 Å². The molecule has 1 saturated carbocycles. The number of nitrogens with zero attached hydrogens (tertiary/aromatic N) is 1. The number of benzene rings is 1. The quantitative estimate of drug-likeness (QED) is 0.336. The molecule has 1 aromatic carbocycles. The van der Waals surface area contributed by atoms with Gasteiger partial charge in [-0.2, -0.15) is 0 Å². The maximum Gasteiger partial charge on any atom is 0.343 e. The summed E-state index contributed by atoms with van der Waals surface area (Å²) in [7, 11) is 1.30. The monoisotopic (exact) mass is 351 g/mol. The number of hydrogen-bond acceptors (Lipinski definition) is 6. The maximum absolute atomic E-state index is 13.9. The Labute approximate surface area is 145 Å². The molecule has 0 radical (unpaired) electrons. The van der Waals surface area contributed by atoms with Crippen molar-refractivity contribution >= 4 is 17.9 Å². The minimum Gasteiger partial charge on any atom is -0.506 e. The minimum absolute atomic E-state index is 0.0177. The van der Waals surface area contributed by atoms with Crippen LogP contribution in [0.2, 0.25) is 0 Å². The topological polar surface area (TPSA) is 77.4 Å². The molecule has 25 heavy (non-hydrogen) atoms. The molecule has 136 valence electrons. The van der Waals surface area contributed by atoms with Crippen LogP contribution in [0.3, 0.4) is 0 Å². The predicted molar refractivity (Wildman–Crippen MR) is 91.8 cm³/mol. The van der Waals surface area contributed by atoms with Crippen LogP contribution < -0.4 is 9.47 Å². The highest BCUT2D eigenvalue weighted by molar-refractivity contribution is 6.15. The van der Waals surface area contributed by atoms with Crippen molar-refractivity contribution in [3.05, 3.63) is 29.1 Å². The van der Waals surface area contributed by atoms with E-state index in [1.54, 1.807) is 13.8 Å². The Balaban J connectivity index is 2.56. The molecule has 1 fully saturated rings. The Hall–Kier alpha value is -2.57. The van der Waals surface area contributed by atoms with Gasteiger partial charge in [-0.1, -0.05) is 0 Å². The van der Waals surface area contributed by atoms with Gasteiger partial charge in [0.05, 0.1) is 31.9 Å². The maximum atomic E-state index is 13.9. The second kappa shape index (κ2) is 8.50. The van der Waals surface area contributed by atoms with Gasteiger partial charge in [-0.05, 0) is 38.8 Å². The Morgan fingerprint density at radius 3 is 2.60 bits per heavy atom. The smallest absolute Gasteiger partial charge is 0.343 e. The summed E-state index contributed by atoms with van der Waals surface area (Å²) in [5, 5.41) is 10.7. The second-order valence-electron chi connectivity index (χ2n) is 5.38. The fourth-order valence-electron chi connectivity index (χ4n) is 2.17. The summed E-state index contributed by atoms with van der Waals surface area (Å²) in [6.45, 7) is 3.76. The van der Waals surface area contributed by atoms with E-state index in [1.165, 1.54) is 19.4 Å². The first kappa shape index (κ1) is 18.8. The molecule has 0 amide bonds. The number of aliphatic hydroxyl groups excluding tert-OH is 1. The Morgan fingerprint density at radius 2 is 2.04 bits per heavy atom. The molecule has 7 heteroatoms. The highest BCUT2D eigenvalue weighted by atomic mass is 19.1. The van der Waals surface area contributed by atoms with E-state index in [2.05, 4.69) is 4.99 Å². The van der Waals surface area contributed by atoms with Crippen molar-refractivity contribution in [2.24, 2.45) is 4.99 Å². The van der Waals surface area contributed by atoms with Crippen molar-refractivity contribution in [3.8, 4) is 11.5 Å². The first-order chi connectivity index (χ1) is 12.0. The van der Waals surface area contributed by atoms with E-state index >= 15 is 0 Å². The van der Waals surface area contributed by atoms with Crippen molar-refractivity contribution in [1.29, 1.82) is 0 Å². The molecule has 0 spiro atoms. The van der Waals surface area contributed by atoms with E-state index in [1.807, 2.05) is 0 Å². The van der Waals surface area contributed by atoms with Crippen molar-refractivity contribution in [2.75, 3.05) is 20.3 Å². The van der Waals surface area contributed by atoms with Gasteiger partial charge in [0.1, 0.15) is 11.3 Å². The Morgan fingerprint density at radius 1 is 1.32 bits per heavy atom. The fourth-order valence-corrected chi connectivity index (χ4v) is 2.17. The number of halogens is 1. The molecule has 1 aromatic rings. The van der Waals surface area contributed by atoms with Gasteiger partial charge in [-0.25, -0.2) is 9.18 Å². The molecule has 6 nitrogen and oxygen atoms in total. The van der Waals surface area contributed by atoms with Crippen LogP contribution in [0, 0.1) is 5.82 Å². The van der Waals surface area contributed by atoms with E-state index in [0.717, 1.165) is 18.9 Å². The van der Waals surface area contributed by atoms with Crippen LogP contribution in [0.15, 0.2) is 22.7 Å². The van der Waals surface area contributed by atoms with Gasteiger partial charge in [0.2, 0.25) is 0 Å². The molecule has 0 aliphatic heterocycles. The Kier molecular flexibility index (Phi) is 6.38. The third-order valence-electron chi connectivity index (χ3n) is 3.52. The van der Waals surface area contributed by atoms with Crippen molar-refractivity contribution < 1.29 is 28.5 Å². The van der Waals surface area contributed by atoms with Crippen LogP contribution in [0.1, 0.15) is 32.3 Å². The molecule has 0 atom stereocenters. The summed E-state index contributed by atoms with van der Waals surface area (Å²) >= 11 is 0. The fraction of sp³-hybridized carbons (Fsp3) is 0.444. The summed E-state index contributed by atoms with van der Waals surface area (Å²) < 4.78 is 29.4. The van der Waals surface area contributed by atoms with E-state index in [9.17, 15) is 14.3 Å². The lowest BCUT2D eigenvalue weighted by molar-refractivity contribution is -0.137. The van der Waals surface area contributed by atoms with Gasteiger partial charge in [0.15, 0.2) is 17.3 Å². The van der Waals surface area contributed by atoms with Crippen LogP contribution >= 0.6 is 0 Å². The third-order valence-corrected chi connectivity index (χ3v) is 3.52. The standard InChI is InChI=1S/C18H22FNO5/c1-4-24-16-12(8-9-14(19)17(16)23-3)15(21)13(18(22)25-5-2)10-20-11-6-7-11/h8-11,21H,4-7H2,1-3H3/b15-13-,20-10?. The van der Waals surface area contributed by atoms with Crippen molar-refractivity contribution in [1.82, 2.24) is 0 Å². The number of aliphatic imine (C=N–C) groups is 1. The molecule has 0 heterocycles. The summed E-state index contributed by atoms with van der Waals surface area (Å²) in [5.41, 5.74) is 0.0220. The molecule has 0 aromatic heterocycles. The lowest BCUT2D eigenvalue weighted by atomic mass is 10.1. The normalized spacial score (nSPS) is 15.0. The molecule has 0 unspecified atom stereocenters. The average Bonchev–Trinajstić information content (AvgIpc) is 3.40. The summed E-state index contributed by atoms with van der Waals surface area (Å²) in [4.78, 5) is 16.4. The van der Waals surface area contributed by atoms with Crippen LogP contribution in [0.5, 0.6) is 11.5 Å². The lowest BCUT2D eigenvalue weighted by Gasteiger charge is -2.15. The number of methoxy groups -OCH3 is 1. The van der Waals surface area contributed by atoms with Crippen LogP contribution in [-0.4, -0.2) is 43.7 Å². The van der Waals surface area contributed by atoms with Crippen molar-refractivity contribution in [3.63, 3.8) is 0 Å². The number of esters is 1. The van der Waals surface area contributed by atoms with E-state index in [0.29, 0.717) is 0 Å². The summed E-state index contributed by atoms with van der Waals surface area (Å²) in [6.07, 6.45) is 3.19.